The normalized spacial score (nSPS) is 11.2. The lowest BCUT2D eigenvalue weighted by molar-refractivity contribution is 0.0997. The van der Waals surface area contributed by atoms with Gasteiger partial charge in [0.2, 0.25) is 0 Å². The fraction of sp³-hybridized carbons (Fsp3) is 0.150. The van der Waals surface area contributed by atoms with Crippen LogP contribution in [0.3, 0.4) is 0 Å². The van der Waals surface area contributed by atoms with Gasteiger partial charge in [0.05, 0.1) is 24.3 Å². The third-order valence-corrected chi connectivity index (χ3v) is 4.14. The quantitative estimate of drug-likeness (QED) is 0.589. The van der Waals surface area contributed by atoms with Crippen LogP contribution in [0, 0.1) is 0 Å². The highest BCUT2D eigenvalue weighted by Gasteiger charge is 2.17. The van der Waals surface area contributed by atoms with Gasteiger partial charge < -0.3 is 9.73 Å². The van der Waals surface area contributed by atoms with E-state index in [0.29, 0.717) is 5.69 Å². The Morgan fingerprint density at radius 2 is 1.96 bits per heavy atom. The lowest BCUT2D eigenvalue weighted by atomic mass is 10.1. The Balaban J connectivity index is 1.61. The molecular formula is C20H18N4O2. The lowest BCUT2D eigenvalue weighted by Gasteiger charge is -2.08. The summed E-state index contributed by atoms with van der Waals surface area (Å²) in [6.45, 7) is 4.09. The second-order valence-electron chi connectivity index (χ2n) is 6.30. The van der Waals surface area contributed by atoms with Crippen molar-refractivity contribution in [2.75, 3.05) is 5.32 Å². The molecule has 130 valence electrons. The molecule has 0 aliphatic heterocycles. The molecule has 0 saturated heterocycles. The van der Waals surface area contributed by atoms with Crippen molar-refractivity contribution in [3.05, 3.63) is 66.9 Å². The maximum Gasteiger partial charge on any atom is 0.292 e. The van der Waals surface area contributed by atoms with Gasteiger partial charge in [-0.05, 0) is 31.5 Å². The molecule has 6 nitrogen and oxygen atoms in total. The maximum atomic E-state index is 12.7. The molecular weight excluding hydrogens is 328 g/mol. The topological polar surface area (TPSA) is 73.0 Å². The van der Waals surface area contributed by atoms with Crippen molar-refractivity contribution in [1.82, 2.24) is 14.8 Å². The van der Waals surface area contributed by atoms with Gasteiger partial charge in [0.1, 0.15) is 0 Å². The summed E-state index contributed by atoms with van der Waals surface area (Å²) in [4.78, 5) is 17.1. The van der Waals surface area contributed by atoms with Crippen molar-refractivity contribution in [3.8, 4) is 11.1 Å². The summed E-state index contributed by atoms with van der Waals surface area (Å²) in [6, 6.07) is 13.5. The van der Waals surface area contributed by atoms with E-state index in [9.17, 15) is 4.79 Å². The summed E-state index contributed by atoms with van der Waals surface area (Å²) in [5.41, 5.74) is 3.07. The number of furan rings is 1. The Morgan fingerprint density at radius 3 is 2.73 bits per heavy atom. The molecule has 4 aromatic rings. The molecule has 4 rings (SSSR count). The third kappa shape index (κ3) is 2.86. The number of aromatic nitrogens is 3. The van der Waals surface area contributed by atoms with Crippen LogP contribution in [0.25, 0.3) is 22.2 Å². The zero-order valence-corrected chi connectivity index (χ0v) is 14.5. The van der Waals surface area contributed by atoms with E-state index in [1.54, 1.807) is 18.5 Å². The molecule has 0 unspecified atom stereocenters. The zero-order valence-electron chi connectivity index (χ0n) is 14.5. The van der Waals surface area contributed by atoms with Gasteiger partial charge in [-0.1, -0.05) is 30.3 Å². The van der Waals surface area contributed by atoms with Crippen LogP contribution in [0.15, 0.2) is 65.5 Å². The first-order valence-electron chi connectivity index (χ1n) is 8.41. The third-order valence-electron chi connectivity index (χ3n) is 4.14. The average molecular weight is 346 g/mol. The van der Waals surface area contributed by atoms with E-state index < -0.39 is 0 Å². The Kier molecular flexibility index (Phi) is 4.01. The van der Waals surface area contributed by atoms with Crippen LogP contribution >= 0.6 is 0 Å². The Bertz CT molecular complexity index is 1060. The van der Waals surface area contributed by atoms with Crippen molar-refractivity contribution >= 4 is 22.6 Å². The lowest BCUT2D eigenvalue weighted by Crippen LogP contribution is -2.12. The minimum atomic E-state index is -0.314. The number of nitrogens with one attached hydrogen (secondary N) is 1. The monoisotopic (exact) mass is 346 g/mol. The standard InChI is InChI=1S/C20H18N4O2/c1-13(2)24-19-15(11-22-24)10-16(12-21-19)23-20(25)18-17(8-9-26-18)14-6-4-3-5-7-14/h3-13H,1-2H3,(H,23,25). The van der Waals surface area contributed by atoms with E-state index >= 15 is 0 Å². The van der Waals surface area contributed by atoms with Crippen molar-refractivity contribution in [2.24, 2.45) is 0 Å². The minimum absolute atomic E-state index is 0.219. The van der Waals surface area contributed by atoms with E-state index in [0.717, 1.165) is 22.2 Å². The van der Waals surface area contributed by atoms with Gasteiger partial charge >= 0.3 is 0 Å². The number of fused-ring (bicyclic) bond motifs is 1. The first-order chi connectivity index (χ1) is 12.6. The molecule has 1 N–H and O–H groups in total. The number of nitrogens with zero attached hydrogens (tertiary/aromatic N) is 3. The number of anilines is 1. The van der Waals surface area contributed by atoms with Crippen LogP contribution < -0.4 is 5.32 Å². The second kappa shape index (κ2) is 6.48. The molecule has 3 aromatic heterocycles. The van der Waals surface area contributed by atoms with E-state index in [1.807, 2.05) is 54.9 Å². The zero-order chi connectivity index (χ0) is 18.1. The van der Waals surface area contributed by atoms with Gasteiger partial charge in [-0.25, -0.2) is 9.67 Å². The number of amides is 1. The molecule has 0 spiro atoms. The number of pyridine rings is 1. The second-order valence-corrected chi connectivity index (χ2v) is 6.30. The highest BCUT2D eigenvalue weighted by atomic mass is 16.3. The molecule has 1 aromatic carbocycles. The van der Waals surface area contributed by atoms with Crippen molar-refractivity contribution in [2.45, 2.75) is 19.9 Å². The molecule has 0 radical (unpaired) electrons. The van der Waals surface area contributed by atoms with Gasteiger partial charge in [0.25, 0.3) is 5.91 Å². The average Bonchev–Trinajstić information content (AvgIpc) is 3.29. The van der Waals surface area contributed by atoms with Gasteiger partial charge in [-0.2, -0.15) is 5.10 Å². The fourth-order valence-electron chi connectivity index (χ4n) is 2.90. The Morgan fingerprint density at radius 1 is 1.15 bits per heavy atom. The summed E-state index contributed by atoms with van der Waals surface area (Å²) in [7, 11) is 0. The highest BCUT2D eigenvalue weighted by Crippen LogP contribution is 2.26. The van der Waals surface area contributed by atoms with Crippen molar-refractivity contribution in [1.29, 1.82) is 0 Å². The largest absolute Gasteiger partial charge is 0.459 e. The summed E-state index contributed by atoms with van der Waals surface area (Å²) in [5, 5.41) is 8.07. The summed E-state index contributed by atoms with van der Waals surface area (Å²) in [6.07, 6.45) is 4.90. The first-order valence-corrected chi connectivity index (χ1v) is 8.41. The molecule has 6 heteroatoms. The number of carbonyl (C=O) groups excluding carboxylic acids is 1. The summed E-state index contributed by atoms with van der Waals surface area (Å²) in [5.74, 6) is -0.0413. The number of hydrogen-bond acceptors (Lipinski definition) is 4. The summed E-state index contributed by atoms with van der Waals surface area (Å²) < 4.78 is 7.28. The summed E-state index contributed by atoms with van der Waals surface area (Å²) >= 11 is 0. The smallest absolute Gasteiger partial charge is 0.292 e. The predicted molar refractivity (Wildman–Crippen MR) is 100 cm³/mol. The van der Waals surface area contributed by atoms with Crippen LogP contribution in [0.1, 0.15) is 30.4 Å². The Labute approximate surface area is 150 Å². The van der Waals surface area contributed by atoms with E-state index in [2.05, 4.69) is 15.4 Å². The van der Waals surface area contributed by atoms with Crippen LogP contribution in [0.2, 0.25) is 0 Å². The van der Waals surface area contributed by atoms with Crippen LogP contribution in [0.4, 0.5) is 5.69 Å². The number of benzene rings is 1. The molecule has 1 amide bonds. The number of hydrogen-bond donors (Lipinski definition) is 1. The van der Waals surface area contributed by atoms with Crippen LogP contribution in [-0.2, 0) is 0 Å². The number of carbonyl (C=O) groups is 1. The molecule has 0 bridgehead atoms. The molecule has 0 atom stereocenters. The highest BCUT2D eigenvalue weighted by molar-refractivity contribution is 6.07. The van der Waals surface area contributed by atoms with Crippen molar-refractivity contribution < 1.29 is 9.21 Å². The molecule has 3 heterocycles. The van der Waals surface area contributed by atoms with Crippen LogP contribution in [-0.4, -0.2) is 20.7 Å². The molecule has 0 aliphatic carbocycles. The molecule has 26 heavy (non-hydrogen) atoms. The number of rotatable bonds is 4. The molecule has 0 aliphatic rings. The first kappa shape index (κ1) is 16.1. The SMILES string of the molecule is CC(C)n1ncc2cc(NC(=O)c3occc3-c3ccccc3)cnc21. The predicted octanol–water partition coefficient (Wildman–Crippen LogP) is 4.52. The van der Waals surface area contributed by atoms with Gasteiger partial charge in [-0.3, -0.25) is 4.79 Å². The van der Waals surface area contributed by atoms with Crippen LogP contribution in [0.5, 0.6) is 0 Å². The van der Waals surface area contributed by atoms with Gasteiger partial charge in [0.15, 0.2) is 11.4 Å². The van der Waals surface area contributed by atoms with Gasteiger partial charge in [-0.15, -0.1) is 0 Å². The fourth-order valence-corrected chi connectivity index (χ4v) is 2.90. The van der Waals surface area contributed by atoms with E-state index in [-0.39, 0.29) is 17.7 Å². The minimum Gasteiger partial charge on any atom is -0.459 e. The molecule has 0 fully saturated rings. The Hall–Kier alpha value is -3.41. The molecule has 0 saturated carbocycles. The van der Waals surface area contributed by atoms with E-state index in [4.69, 9.17) is 4.42 Å². The maximum absolute atomic E-state index is 12.7. The van der Waals surface area contributed by atoms with E-state index in [1.165, 1.54) is 6.26 Å². The van der Waals surface area contributed by atoms with Gasteiger partial charge in [0, 0.05) is 17.0 Å². The van der Waals surface area contributed by atoms with Crippen molar-refractivity contribution in [3.63, 3.8) is 0 Å².